The van der Waals surface area contributed by atoms with Crippen LogP contribution in [0.15, 0.2) is 23.3 Å². The average Bonchev–Trinajstić information content (AvgIpc) is 2.97. The van der Waals surface area contributed by atoms with E-state index >= 15 is 0 Å². The molecule has 0 amide bonds. The van der Waals surface area contributed by atoms with Gasteiger partial charge in [-0.3, -0.25) is 4.79 Å². The van der Waals surface area contributed by atoms with Crippen molar-refractivity contribution in [2.24, 2.45) is 13.0 Å². The number of nitrogens with one attached hydrogen (secondary N) is 1. The molecule has 7 heteroatoms. The van der Waals surface area contributed by atoms with E-state index < -0.39 is 0 Å². The monoisotopic (exact) mass is 312 g/mol. The van der Waals surface area contributed by atoms with Gasteiger partial charge in [-0.2, -0.15) is 5.10 Å². The lowest BCUT2D eigenvalue weighted by atomic mass is 10.00. The van der Waals surface area contributed by atoms with Crippen LogP contribution in [0.3, 0.4) is 0 Å². The molecule has 4 rings (SSSR count). The van der Waals surface area contributed by atoms with Gasteiger partial charge >= 0.3 is 0 Å². The Morgan fingerprint density at radius 2 is 2.13 bits per heavy atom. The highest BCUT2D eigenvalue weighted by Gasteiger charge is 2.28. The second kappa shape index (κ2) is 5.64. The summed E-state index contributed by atoms with van der Waals surface area (Å²) in [6.45, 7) is 2.74. The first kappa shape index (κ1) is 14.2. The van der Waals surface area contributed by atoms with Gasteiger partial charge in [-0.15, -0.1) is 5.10 Å². The molecule has 7 nitrogen and oxygen atoms in total. The second-order valence-electron chi connectivity index (χ2n) is 6.40. The Morgan fingerprint density at radius 1 is 1.26 bits per heavy atom. The first-order chi connectivity index (χ1) is 11.2. The molecule has 120 valence electrons. The lowest BCUT2D eigenvalue weighted by Crippen LogP contribution is -2.50. The molecule has 0 bridgehead atoms. The van der Waals surface area contributed by atoms with Crippen LogP contribution in [0, 0.1) is 5.92 Å². The van der Waals surface area contributed by atoms with E-state index in [1.54, 1.807) is 7.05 Å². The van der Waals surface area contributed by atoms with Gasteiger partial charge in [0.15, 0.2) is 5.82 Å². The Labute approximate surface area is 134 Å². The largest absolute Gasteiger partial charge is 0.369 e. The van der Waals surface area contributed by atoms with E-state index in [4.69, 9.17) is 0 Å². The summed E-state index contributed by atoms with van der Waals surface area (Å²) in [6.07, 6.45) is 4.94. The molecule has 1 aliphatic heterocycles. The van der Waals surface area contributed by atoms with Crippen molar-refractivity contribution in [3.05, 3.63) is 40.1 Å². The molecular formula is C16H20N6O. The van der Waals surface area contributed by atoms with Gasteiger partial charge in [-0.05, 0) is 30.9 Å². The summed E-state index contributed by atoms with van der Waals surface area (Å²) in [7, 11) is 1.70. The van der Waals surface area contributed by atoms with Crippen molar-refractivity contribution >= 4 is 11.6 Å². The first-order valence-corrected chi connectivity index (χ1v) is 8.06. The van der Waals surface area contributed by atoms with Crippen LogP contribution in [0.1, 0.15) is 17.7 Å². The van der Waals surface area contributed by atoms with Gasteiger partial charge in [0.05, 0.1) is 12.0 Å². The maximum atomic E-state index is 11.6. The summed E-state index contributed by atoms with van der Waals surface area (Å²) < 4.78 is 1.46. The molecule has 3 heterocycles. The van der Waals surface area contributed by atoms with Crippen LogP contribution in [-0.4, -0.2) is 39.4 Å². The summed E-state index contributed by atoms with van der Waals surface area (Å²) in [5.74, 6) is 2.17. The average molecular weight is 312 g/mol. The third kappa shape index (κ3) is 2.78. The van der Waals surface area contributed by atoms with Crippen molar-refractivity contribution in [2.45, 2.75) is 19.3 Å². The van der Waals surface area contributed by atoms with E-state index in [0.29, 0.717) is 11.7 Å². The van der Waals surface area contributed by atoms with Crippen molar-refractivity contribution in [3.63, 3.8) is 0 Å². The van der Waals surface area contributed by atoms with Crippen LogP contribution in [0.4, 0.5) is 11.6 Å². The number of aryl methyl sites for hydroxylation is 3. The van der Waals surface area contributed by atoms with Crippen LogP contribution in [0.2, 0.25) is 0 Å². The lowest BCUT2D eigenvalue weighted by molar-refractivity contribution is 0.425. The minimum absolute atomic E-state index is 0.0499. The number of anilines is 2. The van der Waals surface area contributed by atoms with Gasteiger partial charge in [0.2, 0.25) is 0 Å². The van der Waals surface area contributed by atoms with Gasteiger partial charge in [0.1, 0.15) is 5.82 Å². The summed E-state index contributed by atoms with van der Waals surface area (Å²) in [6, 6.07) is 3.73. The molecule has 2 aliphatic rings. The van der Waals surface area contributed by atoms with Gasteiger partial charge in [-0.25, -0.2) is 4.98 Å². The zero-order valence-corrected chi connectivity index (χ0v) is 13.2. The van der Waals surface area contributed by atoms with E-state index in [-0.39, 0.29) is 5.56 Å². The molecule has 1 fully saturated rings. The first-order valence-electron chi connectivity index (χ1n) is 8.06. The van der Waals surface area contributed by atoms with Crippen molar-refractivity contribution in [3.8, 4) is 0 Å². The fraction of sp³-hybridized carbons (Fsp3) is 0.500. The van der Waals surface area contributed by atoms with Crippen molar-refractivity contribution in [1.82, 2.24) is 19.7 Å². The number of aromatic nitrogens is 4. The summed E-state index contributed by atoms with van der Waals surface area (Å²) in [5, 5.41) is 11.9. The molecule has 1 aliphatic carbocycles. The highest BCUT2D eigenvalue weighted by molar-refractivity contribution is 5.45. The molecule has 0 aromatic carbocycles. The van der Waals surface area contributed by atoms with E-state index in [9.17, 15) is 4.79 Å². The van der Waals surface area contributed by atoms with E-state index in [1.165, 1.54) is 34.6 Å². The Balaban J connectivity index is 1.31. The highest BCUT2D eigenvalue weighted by Crippen LogP contribution is 2.27. The minimum atomic E-state index is -0.0499. The Hall–Kier alpha value is -2.44. The van der Waals surface area contributed by atoms with Crippen LogP contribution < -0.4 is 15.8 Å². The molecule has 0 saturated carbocycles. The zero-order chi connectivity index (χ0) is 15.8. The zero-order valence-electron chi connectivity index (χ0n) is 13.2. The number of rotatable bonds is 4. The predicted molar refractivity (Wildman–Crippen MR) is 87.7 cm³/mol. The summed E-state index contributed by atoms with van der Waals surface area (Å²) >= 11 is 0. The van der Waals surface area contributed by atoms with Crippen LogP contribution >= 0.6 is 0 Å². The Morgan fingerprint density at radius 3 is 2.96 bits per heavy atom. The number of fused-ring (bicyclic) bond motifs is 1. The van der Waals surface area contributed by atoms with Gasteiger partial charge in [0, 0.05) is 38.7 Å². The SMILES string of the molecule is Cn1cnc(NCC2CN(c3cc4c(nn3)CCC4)C2)cc1=O. The fourth-order valence-electron chi connectivity index (χ4n) is 3.17. The van der Waals surface area contributed by atoms with Crippen LogP contribution in [-0.2, 0) is 19.9 Å². The molecule has 1 N–H and O–H groups in total. The summed E-state index contributed by atoms with van der Waals surface area (Å²) in [5.41, 5.74) is 2.48. The molecular weight excluding hydrogens is 292 g/mol. The Bertz CT molecular complexity index is 780. The molecule has 0 unspecified atom stereocenters. The van der Waals surface area contributed by atoms with E-state index in [2.05, 4.69) is 31.5 Å². The minimum Gasteiger partial charge on any atom is -0.369 e. The van der Waals surface area contributed by atoms with Crippen LogP contribution in [0.5, 0.6) is 0 Å². The Kier molecular flexibility index (Phi) is 3.48. The van der Waals surface area contributed by atoms with Crippen LogP contribution in [0.25, 0.3) is 0 Å². The second-order valence-corrected chi connectivity index (χ2v) is 6.40. The molecule has 2 aromatic heterocycles. The molecule has 1 saturated heterocycles. The fourth-order valence-corrected chi connectivity index (χ4v) is 3.17. The molecule has 2 aromatic rings. The van der Waals surface area contributed by atoms with E-state index in [1.807, 2.05) is 0 Å². The predicted octanol–water partition coefficient (Wildman–Crippen LogP) is 0.607. The molecule has 0 radical (unpaired) electrons. The van der Waals surface area contributed by atoms with Crippen molar-refractivity contribution in [1.29, 1.82) is 0 Å². The van der Waals surface area contributed by atoms with Gasteiger partial charge in [-0.1, -0.05) is 0 Å². The van der Waals surface area contributed by atoms with Crippen molar-refractivity contribution in [2.75, 3.05) is 29.9 Å². The van der Waals surface area contributed by atoms with Gasteiger partial charge in [0.25, 0.3) is 5.56 Å². The van der Waals surface area contributed by atoms with Crippen molar-refractivity contribution < 1.29 is 0 Å². The topological polar surface area (TPSA) is 75.9 Å². The van der Waals surface area contributed by atoms with Gasteiger partial charge < -0.3 is 14.8 Å². The lowest BCUT2D eigenvalue weighted by Gasteiger charge is -2.40. The third-order valence-electron chi connectivity index (χ3n) is 4.64. The standard InChI is InChI=1S/C16H20N6O/c1-21-10-18-14(6-16(21)23)17-7-11-8-22(9-11)15-5-12-3-2-4-13(12)19-20-15/h5-6,10-11,17H,2-4,7-9H2,1H3. The maximum Gasteiger partial charge on any atom is 0.255 e. The molecule has 0 atom stereocenters. The molecule has 23 heavy (non-hydrogen) atoms. The normalized spacial score (nSPS) is 17.0. The smallest absolute Gasteiger partial charge is 0.255 e. The number of hydrogen-bond donors (Lipinski definition) is 1. The summed E-state index contributed by atoms with van der Waals surface area (Å²) in [4.78, 5) is 18.0. The number of hydrogen-bond acceptors (Lipinski definition) is 6. The maximum absolute atomic E-state index is 11.6. The molecule has 0 spiro atoms. The number of nitrogens with zero attached hydrogens (tertiary/aromatic N) is 5. The van der Waals surface area contributed by atoms with E-state index in [0.717, 1.165) is 38.3 Å². The quantitative estimate of drug-likeness (QED) is 0.891. The third-order valence-corrected chi connectivity index (χ3v) is 4.64. The highest BCUT2D eigenvalue weighted by atomic mass is 16.1.